The second kappa shape index (κ2) is 8.98. The highest BCUT2D eigenvalue weighted by molar-refractivity contribution is 7.89. The standard InChI is InChI=1S/C24H21N5O3S2/c25-34(31,32)20-8-5-17(6-9-20)28-24-26-14-16-4-3-15-12-18(7-10-21(15)23(16)29-24)27-22(30)13-19-2-1-11-33-19/h1-2,5-12,14H,3-4,13H2,(H,27,30)(H2,25,31,32)(H,26,28,29). The number of amides is 1. The van der Waals surface area contributed by atoms with E-state index >= 15 is 0 Å². The molecule has 0 spiro atoms. The van der Waals surface area contributed by atoms with Crippen LogP contribution in [0.4, 0.5) is 17.3 Å². The van der Waals surface area contributed by atoms with Gasteiger partial charge in [0, 0.05) is 28.0 Å². The van der Waals surface area contributed by atoms with E-state index in [1.807, 2.05) is 41.9 Å². The SMILES string of the molecule is NS(=O)(=O)c1ccc(Nc2ncc3c(n2)-c2ccc(NC(=O)Cc4cccs4)cc2CC3)cc1. The summed E-state index contributed by atoms with van der Waals surface area (Å²) in [5, 5.41) is 13.2. The van der Waals surface area contributed by atoms with Gasteiger partial charge in [-0.1, -0.05) is 12.1 Å². The molecule has 1 amide bonds. The number of hydrogen-bond donors (Lipinski definition) is 3. The molecule has 4 aromatic rings. The third-order valence-corrected chi connectivity index (χ3v) is 7.33. The van der Waals surface area contributed by atoms with Crippen molar-refractivity contribution in [3.05, 3.63) is 82.2 Å². The Balaban J connectivity index is 1.35. The molecule has 8 nitrogen and oxygen atoms in total. The van der Waals surface area contributed by atoms with Gasteiger partial charge >= 0.3 is 0 Å². The number of hydrogen-bond acceptors (Lipinski definition) is 7. The van der Waals surface area contributed by atoms with Crippen LogP contribution in [0.1, 0.15) is 16.0 Å². The van der Waals surface area contributed by atoms with E-state index in [1.54, 1.807) is 23.5 Å². The van der Waals surface area contributed by atoms with Gasteiger partial charge in [0.1, 0.15) is 0 Å². The van der Waals surface area contributed by atoms with E-state index < -0.39 is 10.0 Å². The number of aromatic nitrogens is 2. The highest BCUT2D eigenvalue weighted by Crippen LogP contribution is 2.34. The summed E-state index contributed by atoms with van der Waals surface area (Å²) in [6.45, 7) is 0. The van der Waals surface area contributed by atoms with Crippen LogP contribution in [-0.2, 0) is 34.1 Å². The fourth-order valence-corrected chi connectivity index (χ4v) is 5.11. The van der Waals surface area contributed by atoms with Gasteiger partial charge < -0.3 is 10.6 Å². The first-order chi connectivity index (χ1) is 16.3. The summed E-state index contributed by atoms with van der Waals surface area (Å²) in [6, 6.07) is 15.9. The van der Waals surface area contributed by atoms with Crippen molar-refractivity contribution < 1.29 is 13.2 Å². The summed E-state index contributed by atoms with van der Waals surface area (Å²) >= 11 is 1.57. The minimum atomic E-state index is -3.75. The lowest BCUT2D eigenvalue weighted by atomic mass is 9.89. The third kappa shape index (κ3) is 4.84. The van der Waals surface area contributed by atoms with Crippen LogP contribution in [0, 0.1) is 0 Å². The normalized spacial score (nSPS) is 12.5. The fourth-order valence-electron chi connectivity index (χ4n) is 3.90. The zero-order chi connectivity index (χ0) is 23.7. The molecule has 2 aromatic heterocycles. The summed E-state index contributed by atoms with van der Waals surface area (Å²) < 4.78 is 22.9. The van der Waals surface area contributed by atoms with E-state index in [-0.39, 0.29) is 10.8 Å². The molecule has 2 heterocycles. The zero-order valence-electron chi connectivity index (χ0n) is 18.0. The first kappa shape index (κ1) is 22.2. The molecule has 0 aliphatic heterocycles. The van der Waals surface area contributed by atoms with Gasteiger partial charge in [0.25, 0.3) is 0 Å². The van der Waals surface area contributed by atoms with E-state index in [4.69, 9.17) is 10.1 Å². The van der Waals surface area contributed by atoms with Gasteiger partial charge in [-0.25, -0.2) is 23.5 Å². The molecule has 2 aromatic carbocycles. The summed E-state index contributed by atoms with van der Waals surface area (Å²) in [7, 11) is -3.75. The number of rotatable bonds is 6. The summed E-state index contributed by atoms with van der Waals surface area (Å²) in [5.41, 5.74) is 5.43. The first-order valence-electron chi connectivity index (χ1n) is 10.6. The van der Waals surface area contributed by atoms with E-state index in [2.05, 4.69) is 15.6 Å². The van der Waals surface area contributed by atoms with Crippen molar-refractivity contribution in [2.75, 3.05) is 10.6 Å². The quantitative estimate of drug-likeness (QED) is 0.376. The molecule has 1 aliphatic carbocycles. The van der Waals surface area contributed by atoms with Crippen molar-refractivity contribution in [1.29, 1.82) is 0 Å². The number of nitrogens with zero attached hydrogens (tertiary/aromatic N) is 2. The molecular weight excluding hydrogens is 470 g/mol. The van der Waals surface area contributed by atoms with Crippen LogP contribution in [0.5, 0.6) is 0 Å². The van der Waals surface area contributed by atoms with Crippen LogP contribution in [0.15, 0.2) is 71.1 Å². The van der Waals surface area contributed by atoms with Crippen LogP contribution < -0.4 is 15.8 Å². The van der Waals surface area contributed by atoms with Crippen molar-refractivity contribution in [3.8, 4) is 11.3 Å². The Morgan fingerprint density at radius 1 is 1.03 bits per heavy atom. The van der Waals surface area contributed by atoms with Crippen molar-refractivity contribution >= 4 is 44.6 Å². The van der Waals surface area contributed by atoms with Gasteiger partial charge in [-0.05, 0) is 71.8 Å². The molecule has 0 unspecified atom stereocenters. The lowest BCUT2D eigenvalue weighted by Crippen LogP contribution is -2.15. The number of carbonyl (C=O) groups is 1. The highest BCUT2D eigenvalue weighted by Gasteiger charge is 2.20. The molecule has 10 heteroatoms. The first-order valence-corrected chi connectivity index (χ1v) is 13.0. The van der Waals surface area contributed by atoms with Gasteiger partial charge in [-0.15, -0.1) is 11.3 Å². The number of carbonyl (C=O) groups excluding carboxylic acids is 1. The van der Waals surface area contributed by atoms with Gasteiger partial charge in [0.05, 0.1) is 17.0 Å². The third-order valence-electron chi connectivity index (χ3n) is 5.53. The minimum Gasteiger partial charge on any atom is -0.326 e. The number of anilines is 3. The maximum absolute atomic E-state index is 12.4. The fraction of sp³-hybridized carbons (Fsp3) is 0.125. The lowest BCUT2D eigenvalue weighted by Gasteiger charge is -2.20. The maximum atomic E-state index is 12.4. The molecule has 5 rings (SSSR count). The molecule has 0 radical (unpaired) electrons. The van der Waals surface area contributed by atoms with Gasteiger partial charge in [0.2, 0.25) is 21.9 Å². The number of thiophene rings is 1. The molecule has 0 bridgehead atoms. The van der Waals surface area contributed by atoms with Crippen LogP contribution in [-0.4, -0.2) is 24.3 Å². The van der Waals surface area contributed by atoms with Crippen LogP contribution in [0.3, 0.4) is 0 Å². The summed E-state index contributed by atoms with van der Waals surface area (Å²) in [6.07, 6.45) is 3.81. The van der Waals surface area contributed by atoms with Gasteiger partial charge in [0.15, 0.2) is 0 Å². The predicted molar refractivity (Wildman–Crippen MR) is 133 cm³/mol. The van der Waals surface area contributed by atoms with E-state index in [9.17, 15) is 13.2 Å². The van der Waals surface area contributed by atoms with Crippen LogP contribution >= 0.6 is 11.3 Å². The number of sulfonamides is 1. The Bertz CT molecular complexity index is 1470. The number of fused-ring (bicyclic) bond motifs is 3. The van der Waals surface area contributed by atoms with Crippen molar-refractivity contribution in [3.63, 3.8) is 0 Å². The van der Waals surface area contributed by atoms with Gasteiger partial charge in [-0.3, -0.25) is 4.79 Å². The Kier molecular flexibility index (Phi) is 5.86. The van der Waals surface area contributed by atoms with Crippen molar-refractivity contribution in [2.24, 2.45) is 5.14 Å². The smallest absolute Gasteiger partial charge is 0.238 e. The Labute approximate surface area is 200 Å². The monoisotopic (exact) mass is 491 g/mol. The average molecular weight is 492 g/mol. The summed E-state index contributed by atoms with van der Waals surface area (Å²) in [5.74, 6) is 0.365. The molecule has 0 saturated heterocycles. The summed E-state index contributed by atoms with van der Waals surface area (Å²) in [4.78, 5) is 22.5. The number of aryl methyl sites for hydroxylation is 2. The van der Waals surface area contributed by atoms with Crippen molar-refractivity contribution in [2.45, 2.75) is 24.2 Å². The number of nitrogens with one attached hydrogen (secondary N) is 2. The van der Waals surface area contributed by atoms with E-state index in [1.165, 1.54) is 12.1 Å². The largest absolute Gasteiger partial charge is 0.326 e. The lowest BCUT2D eigenvalue weighted by molar-refractivity contribution is -0.115. The maximum Gasteiger partial charge on any atom is 0.238 e. The van der Waals surface area contributed by atoms with Crippen LogP contribution in [0.25, 0.3) is 11.3 Å². The molecule has 0 saturated carbocycles. The minimum absolute atomic E-state index is 0.0385. The highest BCUT2D eigenvalue weighted by atomic mass is 32.2. The second-order valence-electron chi connectivity index (χ2n) is 7.94. The molecular formula is C24H21N5O3S2. The Hall–Kier alpha value is -3.60. The molecule has 1 aliphatic rings. The molecule has 0 atom stereocenters. The van der Waals surface area contributed by atoms with Gasteiger partial charge in [-0.2, -0.15) is 0 Å². The number of nitrogens with two attached hydrogens (primary N) is 1. The zero-order valence-corrected chi connectivity index (χ0v) is 19.6. The second-order valence-corrected chi connectivity index (χ2v) is 10.5. The Morgan fingerprint density at radius 3 is 2.53 bits per heavy atom. The topological polar surface area (TPSA) is 127 Å². The molecule has 172 valence electrons. The predicted octanol–water partition coefficient (Wildman–Crippen LogP) is 3.88. The number of primary sulfonamides is 1. The molecule has 0 fully saturated rings. The van der Waals surface area contributed by atoms with E-state index in [0.29, 0.717) is 18.1 Å². The van der Waals surface area contributed by atoms with Crippen LogP contribution in [0.2, 0.25) is 0 Å². The molecule has 4 N–H and O–H groups in total. The van der Waals surface area contributed by atoms with E-state index in [0.717, 1.165) is 45.8 Å². The average Bonchev–Trinajstić information content (AvgIpc) is 3.31. The molecule has 34 heavy (non-hydrogen) atoms. The van der Waals surface area contributed by atoms with Crippen molar-refractivity contribution in [1.82, 2.24) is 9.97 Å². The number of benzene rings is 2. The Morgan fingerprint density at radius 2 is 1.79 bits per heavy atom.